The Morgan fingerprint density at radius 1 is 1.21 bits per heavy atom. The summed E-state index contributed by atoms with van der Waals surface area (Å²) in [6.07, 6.45) is 4.95. The SMILES string of the molecule is CCC(C)(C)Cc1ccc(OCCCNc2ccccn2)cc1Br. The van der Waals surface area contributed by atoms with Gasteiger partial charge in [0, 0.05) is 17.2 Å². The molecule has 24 heavy (non-hydrogen) atoms. The van der Waals surface area contributed by atoms with Gasteiger partial charge in [0.1, 0.15) is 11.6 Å². The number of ether oxygens (including phenoxy) is 1. The molecule has 0 aliphatic rings. The number of anilines is 1. The lowest BCUT2D eigenvalue weighted by Gasteiger charge is -2.23. The molecule has 1 aromatic carbocycles. The first-order valence-corrected chi connectivity index (χ1v) is 9.35. The van der Waals surface area contributed by atoms with E-state index < -0.39 is 0 Å². The molecule has 0 fully saturated rings. The van der Waals surface area contributed by atoms with E-state index in [1.54, 1.807) is 6.20 Å². The molecule has 1 N–H and O–H groups in total. The van der Waals surface area contributed by atoms with Gasteiger partial charge < -0.3 is 10.1 Å². The van der Waals surface area contributed by atoms with E-state index in [9.17, 15) is 0 Å². The van der Waals surface area contributed by atoms with Gasteiger partial charge in [0.25, 0.3) is 0 Å². The summed E-state index contributed by atoms with van der Waals surface area (Å²) >= 11 is 3.68. The lowest BCUT2D eigenvalue weighted by molar-refractivity contribution is 0.314. The van der Waals surface area contributed by atoms with Crippen LogP contribution in [0.5, 0.6) is 5.75 Å². The fraction of sp³-hybridized carbons (Fsp3) is 0.450. The van der Waals surface area contributed by atoms with Gasteiger partial charge in [-0.15, -0.1) is 0 Å². The Kier molecular flexibility index (Phi) is 7.10. The second kappa shape index (κ2) is 9.07. The van der Waals surface area contributed by atoms with Crippen LogP contribution in [0.4, 0.5) is 5.82 Å². The number of aromatic nitrogens is 1. The average Bonchev–Trinajstić information content (AvgIpc) is 2.58. The Labute approximate surface area is 154 Å². The van der Waals surface area contributed by atoms with Gasteiger partial charge in [0.15, 0.2) is 0 Å². The van der Waals surface area contributed by atoms with E-state index in [0.717, 1.165) is 35.4 Å². The molecule has 2 aromatic rings. The predicted octanol–water partition coefficient (Wildman–Crippen LogP) is 5.70. The molecule has 130 valence electrons. The Hall–Kier alpha value is -1.55. The van der Waals surface area contributed by atoms with E-state index in [1.807, 2.05) is 18.2 Å². The molecule has 1 heterocycles. The molecule has 3 nitrogen and oxygen atoms in total. The summed E-state index contributed by atoms with van der Waals surface area (Å²) in [4.78, 5) is 4.23. The minimum Gasteiger partial charge on any atom is -0.493 e. The van der Waals surface area contributed by atoms with Crippen molar-refractivity contribution in [2.45, 2.75) is 40.0 Å². The number of benzene rings is 1. The standard InChI is InChI=1S/C20H27BrN2O/c1-4-20(2,3)15-16-9-10-17(14-18(16)21)24-13-7-12-23-19-8-5-6-11-22-19/h5-6,8-11,14H,4,7,12-13,15H2,1-3H3,(H,22,23). The van der Waals surface area contributed by atoms with Gasteiger partial charge >= 0.3 is 0 Å². The Bertz CT molecular complexity index is 629. The summed E-state index contributed by atoms with van der Waals surface area (Å²) < 4.78 is 6.98. The van der Waals surface area contributed by atoms with Crippen molar-refractivity contribution in [3.8, 4) is 5.75 Å². The van der Waals surface area contributed by atoms with Crippen LogP contribution in [-0.2, 0) is 6.42 Å². The van der Waals surface area contributed by atoms with Gasteiger partial charge in [-0.05, 0) is 48.1 Å². The first-order valence-electron chi connectivity index (χ1n) is 8.56. The van der Waals surface area contributed by atoms with Gasteiger partial charge in [0.05, 0.1) is 6.61 Å². The minimum atomic E-state index is 0.321. The van der Waals surface area contributed by atoms with Crippen molar-refractivity contribution in [1.82, 2.24) is 4.98 Å². The van der Waals surface area contributed by atoms with Crippen molar-refractivity contribution in [2.24, 2.45) is 5.41 Å². The molecule has 0 unspecified atom stereocenters. The van der Waals surface area contributed by atoms with Gasteiger partial charge in [0.2, 0.25) is 0 Å². The first kappa shape index (κ1) is 18.8. The zero-order valence-corrected chi connectivity index (χ0v) is 16.4. The quantitative estimate of drug-likeness (QED) is 0.557. The highest BCUT2D eigenvalue weighted by molar-refractivity contribution is 9.10. The average molecular weight is 391 g/mol. The van der Waals surface area contributed by atoms with Gasteiger partial charge in [-0.25, -0.2) is 4.98 Å². The third-order valence-corrected chi connectivity index (χ3v) is 4.95. The molecule has 0 aliphatic carbocycles. The molecule has 0 aliphatic heterocycles. The topological polar surface area (TPSA) is 34.1 Å². The highest BCUT2D eigenvalue weighted by Gasteiger charge is 2.17. The zero-order chi connectivity index (χ0) is 17.4. The van der Waals surface area contributed by atoms with Gasteiger partial charge in [-0.1, -0.05) is 55.3 Å². The van der Waals surface area contributed by atoms with Crippen LogP contribution in [0.25, 0.3) is 0 Å². The lowest BCUT2D eigenvalue weighted by Crippen LogP contribution is -2.13. The zero-order valence-electron chi connectivity index (χ0n) is 14.8. The maximum atomic E-state index is 5.85. The van der Waals surface area contributed by atoms with Crippen molar-refractivity contribution >= 4 is 21.7 Å². The van der Waals surface area contributed by atoms with Crippen LogP contribution in [0.1, 0.15) is 39.2 Å². The number of hydrogen-bond donors (Lipinski definition) is 1. The summed E-state index contributed by atoms with van der Waals surface area (Å²) in [7, 11) is 0. The maximum absolute atomic E-state index is 5.85. The van der Waals surface area contributed by atoms with Crippen molar-refractivity contribution in [3.05, 3.63) is 52.6 Å². The van der Waals surface area contributed by atoms with Crippen LogP contribution >= 0.6 is 15.9 Å². The largest absolute Gasteiger partial charge is 0.493 e. The Balaban J connectivity index is 1.76. The second-order valence-corrected chi connectivity index (χ2v) is 7.65. The molecule has 0 amide bonds. The Morgan fingerprint density at radius 2 is 2.04 bits per heavy atom. The molecule has 0 atom stereocenters. The van der Waals surface area contributed by atoms with E-state index in [4.69, 9.17) is 4.74 Å². The summed E-state index contributed by atoms with van der Waals surface area (Å²) in [6, 6.07) is 12.2. The molecule has 0 radical (unpaired) electrons. The third-order valence-electron chi connectivity index (χ3n) is 4.21. The van der Waals surface area contributed by atoms with E-state index in [0.29, 0.717) is 12.0 Å². The van der Waals surface area contributed by atoms with Gasteiger partial charge in [-0.3, -0.25) is 0 Å². The molecule has 2 rings (SSSR count). The molecule has 4 heteroatoms. The van der Waals surface area contributed by atoms with Crippen LogP contribution < -0.4 is 10.1 Å². The number of nitrogens with zero attached hydrogens (tertiary/aromatic N) is 1. The van der Waals surface area contributed by atoms with Crippen LogP contribution in [0, 0.1) is 5.41 Å². The summed E-state index contributed by atoms with van der Waals surface area (Å²) in [5.74, 6) is 1.82. The fourth-order valence-corrected chi connectivity index (χ4v) is 2.85. The number of hydrogen-bond acceptors (Lipinski definition) is 3. The molecular formula is C20H27BrN2O. The maximum Gasteiger partial charge on any atom is 0.125 e. The smallest absolute Gasteiger partial charge is 0.125 e. The monoisotopic (exact) mass is 390 g/mol. The molecule has 0 bridgehead atoms. The number of halogens is 1. The molecule has 0 spiro atoms. The van der Waals surface area contributed by atoms with E-state index in [-0.39, 0.29) is 0 Å². The molecular weight excluding hydrogens is 364 g/mol. The van der Waals surface area contributed by atoms with E-state index in [2.05, 4.69) is 65.2 Å². The fourth-order valence-electron chi connectivity index (χ4n) is 2.35. The van der Waals surface area contributed by atoms with Crippen molar-refractivity contribution in [1.29, 1.82) is 0 Å². The highest BCUT2D eigenvalue weighted by Crippen LogP contribution is 2.31. The van der Waals surface area contributed by atoms with Crippen LogP contribution in [0.15, 0.2) is 47.1 Å². The summed E-state index contributed by atoms with van der Waals surface area (Å²) in [6.45, 7) is 8.38. The normalized spacial score (nSPS) is 11.3. The van der Waals surface area contributed by atoms with E-state index >= 15 is 0 Å². The van der Waals surface area contributed by atoms with Crippen molar-refractivity contribution in [3.63, 3.8) is 0 Å². The molecule has 0 saturated carbocycles. The summed E-state index contributed by atoms with van der Waals surface area (Å²) in [5, 5.41) is 3.28. The third kappa shape index (κ3) is 6.16. The molecule has 0 saturated heterocycles. The van der Waals surface area contributed by atoms with E-state index in [1.165, 1.54) is 12.0 Å². The highest BCUT2D eigenvalue weighted by atomic mass is 79.9. The number of nitrogens with one attached hydrogen (secondary N) is 1. The number of rotatable bonds is 9. The summed E-state index contributed by atoms with van der Waals surface area (Å²) in [5.41, 5.74) is 1.66. The predicted molar refractivity (Wildman–Crippen MR) is 105 cm³/mol. The van der Waals surface area contributed by atoms with Crippen molar-refractivity contribution < 1.29 is 4.74 Å². The van der Waals surface area contributed by atoms with Crippen LogP contribution in [0.2, 0.25) is 0 Å². The first-order chi connectivity index (χ1) is 11.5. The lowest BCUT2D eigenvalue weighted by atomic mass is 9.83. The second-order valence-electron chi connectivity index (χ2n) is 6.79. The van der Waals surface area contributed by atoms with Gasteiger partial charge in [-0.2, -0.15) is 0 Å². The minimum absolute atomic E-state index is 0.321. The van der Waals surface area contributed by atoms with Crippen LogP contribution in [-0.4, -0.2) is 18.1 Å². The molecule has 1 aromatic heterocycles. The van der Waals surface area contributed by atoms with Crippen molar-refractivity contribution in [2.75, 3.05) is 18.5 Å². The number of pyridine rings is 1. The Morgan fingerprint density at radius 3 is 2.71 bits per heavy atom. The van der Waals surface area contributed by atoms with Crippen LogP contribution in [0.3, 0.4) is 0 Å².